The molecule has 0 atom stereocenters. The van der Waals surface area contributed by atoms with Gasteiger partial charge >= 0.3 is 7.12 Å². The third-order valence-electron chi connectivity index (χ3n) is 4.01. The molecule has 0 aliphatic carbocycles. The Morgan fingerprint density at radius 3 is 2.43 bits per heavy atom. The highest BCUT2D eigenvalue weighted by atomic mass is 35.5. The molecule has 2 heterocycles. The predicted octanol–water partition coefficient (Wildman–Crippen LogP) is 2.97. The number of pyridine rings is 1. The Morgan fingerprint density at radius 1 is 1.29 bits per heavy atom. The standard InChI is InChI=1S/C15H22BClN2O2/c1-14(2)15(3,4)21-16(20-14)11(10-18-5)9-12-7-6-8-13(17)19-12/h6-9,18H,10H2,1-5H3. The van der Waals surface area contributed by atoms with E-state index >= 15 is 0 Å². The lowest BCUT2D eigenvalue weighted by molar-refractivity contribution is 0.00578. The second kappa shape index (κ2) is 6.09. The molecule has 4 nitrogen and oxygen atoms in total. The van der Waals surface area contributed by atoms with E-state index in [4.69, 9.17) is 20.9 Å². The Morgan fingerprint density at radius 2 is 1.90 bits per heavy atom. The van der Waals surface area contributed by atoms with E-state index in [2.05, 4.69) is 10.3 Å². The molecule has 6 heteroatoms. The molecule has 21 heavy (non-hydrogen) atoms. The summed E-state index contributed by atoms with van der Waals surface area (Å²) in [5.74, 6) is 0. The maximum Gasteiger partial charge on any atom is 0.491 e. The van der Waals surface area contributed by atoms with Crippen LogP contribution < -0.4 is 5.32 Å². The fraction of sp³-hybridized carbons (Fsp3) is 0.533. The molecule has 0 unspecified atom stereocenters. The van der Waals surface area contributed by atoms with Crippen LogP contribution in [-0.4, -0.2) is 36.9 Å². The van der Waals surface area contributed by atoms with Crippen LogP contribution in [-0.2, 0) is 9.31 Å². The van der Waals surface area contributed by atoms with E-state index in [-0.39, 0.29) is 18.3 Å². The SMILES string of the molecule is CNCC(=Cc1cccc(Cl)n1)B1OC(C)(C)C(C)(C)O1. The molecule has 114 valence electrons. The maximum absolute atomic E-state index is 6.09. The fourth-order valence-electron chi connectivity index (χ4n) is 2.10. The van der Waals surface area contributed by atoms with Crippen LogP contribution in [0.5, 0.6) is 0 Å². The lowest BCUT2D eigenvalue weighted by Gasteiger charge is -2.32. The number of hydrogen-bond donors (Lipinski definition) is 1. The van der Waals surface area contributed by atoms with E-state index in [1.807, 2.05) is 53.0 Å². The molecule has 1 aliphatic rings. The minimum atomic E-state index is -0.386. The number of halogens is 1. The number of rotatable bonds is 4. The fourth-order valence-corrected chi connectivity index (χ4v) is 2.27. The highest BCUT2D eigenvalue weighted by Gasteiger charge is 2.52. The molecule has 2 rings (SSSR count). The Bertz CT molecular complexity index is 530. The lowest BCUT2D eigenvalue weighted by atomic mass is 9.77. The third-order valence-corrected chi connectivity index (χ3v) is 4.22. The Hall–Kier alpha value is -0.875. The largest absolute Gasteiger partial charge is 0.491 e. The number of likely N-dealkylation sites (N-methyl/N-ethyl adjacent to an activating group) is 1. The topological polar surface area (TPSA) is 43.4 Å². The van der Waals surface area contributed by atoms with E-state index in [0.29, 0.717) is 11.7 Å². The Kier molecular flexibility index (Phi) is 4.78. The van der Waals surface area contributed by atoms with Gasteiger partial charge in [0.1, 0.15) is 5.15 Å². The summed E-state index contributed by atoms with van der Waals surface area (Å²) in [7, 11) is 1.51. The van der Waals surface area contributed by atoms with Crippen molar-refractivity contribution in [1.82, 2.24) is 10.3 Å². The zero-order chi connectivity index (χ0) is 15.7. The molecule has 1 fully saturated rings. The summed E-state index contributed by atoms with van der Waals surface area (Å²) < 4.78 is 12.2. The minimum Gasteiger partial charge on any atom is -0.400 e. The molecule has 1 aromatic rings. The van der Waals surface area contributed by atoms with Crippen molar-refractivity contribution in [2.75, 3.05) is 13.6 Å². The van der Waals surface area contributed by atoms with Crippen molar-refractivity contribution in [2.45, 2.75) is 38.9 Å². The lowest BCUT2D eigenvalue weighted by Crippen LogP contribution is -2.41. The van der Waals surface area contributed by atoms with Crippen LogP contribution >= 0.6 is 11.6 Å². The van der Waals surface area contributed by atoms with Gasteiger partial charge in [-0.15, -0.1) is 0 Å². The van der Waals surface area contributed by atoms with Crippen molar-refractivity contribution < 1.29 is 9.31 Å². The zero-order valence-corrected chi connectivity index (χ0v) is 14.0. The Balaban J connectivity index is 2.28. The molecule has 0 bridgehead atoms. The average Bonchev–Trinajstić information content (AvgIpc) is 2.58. The highest BCUT2D eigenvalue weighted by Crippen LogP contribution is 2.38. The van der Waals surface area contributed by atoms with Crippen LogP contribution in [0.15, 0.2) is 23.7 Å². The molecule has 0 saturated carbocycles. The van der Waals surface area contributed by atoms with Crippen molar-refractivity contribution in [3.63, 3.8) is 0 Å². The van der Waals surface area contributed by atoms with Crippen LogP contribution in [0.4, 0.5) is 0 Å². The van der Waals surface area contributed by atoms with Crippen molar-refractivity contribution in [3.05, 3.63) is 34.5 Å². The zero-order valence-electron chi connectivity index (χ0n) is 13.2. The summed E-state index contributed by atoms with van der Waals surface area (Å²) in [6.45, 7) is 8.83. The summed E-state index contributed by atoms with van der Waals surface area (Å²) in [6, 6.07) is 5.54. The minimum absolute atomic E-state index is 0.355. The van der Waals surface area contributed by atoms with Gasteiger partial charge in [0.15, 0.2) is 0 Å². The van der Waals surface area contributed by atoms with Gasteiger partial charge in [-0.2, -0.15) is 0 Å². The first-order valence-electron chi connectivity index (χ1n) is 7.08. The van der Waals surface area contributed by atoms with Crippen molar-refractivity contribution in [3.8, 4) is 0 Å². The van der Waals surface area contributed by atoms with E-state index in [1.165, 1.54) is 0 Å². The van der Waals surface area contributed by atoms with Crippen LogP contribution in [0.1, 0.15) is 33.4 Å². The molecule has 1 saturated heterocycles. The smallest absolute Gasteiger partial charge is 0.400 e. The summed E-state index contributed by atoms with van der Waals surface area (Å²) >= 11 is 5.94. The van der Waals surface area contributed by atoms with Gasteiger partial charge in [-0.3, -0.25) is 0 Å². The molecule has 0 amide bonds. The summed E-state index contributed by atoms with van der Waals surface area (Å²) in [5.41, 5.74) is 1.08. The van der Waals surface area contributed by atoms with Gasteiger partial charge in [0, 0.05) is 6.54 Å². The second-order valence-electron chi connectivity index (χ2n) is 6.22. The molecular weight excluding hydrogens is 286 g/mol. The molecule has 0 radical (unpaired) electrons. The van der Waals surface area contributed by atoms with E-state index in [9.17, 15) is 0 Å². The van der Waals surface area contributed by atoms with Gasteiger partial charge in [-0.05, 0) is 58.4 Å². The normalized spacial score (nSPS) is 20.9. The van der Waals surface area contributed by atoms with Gasteiger partial charge < -0.3 is 14.6 Å². The van der Waals surface area contributed by atoms with Crippen LogP contribution in [0.3, 0.4) is 0 Å². The first-order valence-corrected chi connectivity index (χ1v) is 7.46. The first kappa shape index (κ1) is 16.5. The van der Waals surface area contributed by atoms with E-state index in [0.717, 1.165) is 11.2 Å². The number of aromatic nitrogens is 1. The number of hydrogen-bond acceptors (Lipinski definition) is 4. The molecule has 1 aliphatic heterocycles. The molecule has 0 aromatic carbocycles. The second-order valence-corrected chi connectivity index (χ2v) is 6.61. The maximum atomic E-state index is 6.09. The van der Waals surface area contributed by atoms with Gasteiger partial charge in [-0.25, -0.2) is 4.98 Å². The first-order chi connectivity index (χ1) is 9.75. The molecular formula is C15H22BClN2O2. The highest BCUT2D eigenvalue weighted by molar-refractivity contribution is 6.55. The number of nitrogens with zero attached hydrogens (tertiary/aromatic N) is 1. The summed E-state index contributed by atoms with van der Waals surface area (Å²) in [6.07, 6.45) is 1.96. The van der Waals surface area contributed by atoms with Crippen LogP contribution in [0, 0.1) is 0 Å². The van der Waals surface area contributed by atoms with Crippen LogP contribution in [0.2, 0.25) is 5.15 Å². The summed E-state index contributed by atoms with van der Waals surface area (Å²) in [5, 5.41) is 3.62. The van der Waals surface area contributed by atoms with Gasteiger partial charge in [0.2, 0.25) is 0 Å². The average molecular weight is 309 g/mol. The predicted molar refractivity (Wildman–Crippen MR) is 87.2 cm³/mol. The van der Waals surface area contributed by atoms with Crippen molar-refractivity contribution >= 4 is 24.8 Å². The summed E-state index contributed by atoms with van der Waals surface area (Å²) in [4.78, 5) is 4.29. The van der Waals surface area contributed by atoms with Gasteiger partial charge in [0.05, 0.1) is 16.9 Å². The molecule has 0 spiro atoms. The van der Waals surface area contributed by atoms with Crippen molar-refractivity contribution in [1.29, 1.82) is 0 Å². The molecule has 1 N–H and O–H groups in total. The molecule has 1 aromatic heterocycles. The number of nitrogens with one attached hydrogen (secondary N) is 1. The van der Waals surface area contributed by atoms with Gasteiger partial charge in [0.25, 0.3) is 0 Å². The van der Waals surface area contributed by atoms with E-state index in [1.54, 1.807) is 6.07 Å². The third kappa shape index (κ3) is 3.66. The van der Waals surface area contributed by atoms with Crippen LogP contribution in [0.25, 0.3) is 6.08 Å². The van der Waals surface area contributed by atoms with Crippen molar-refractivity contribution in [2.24, 2.45) is 0 Å². The monoisotopic (exact) mass is 308 g/mol. The van der Waals surface area contributed by atoms with Gasteiger partial charge in [-0.1, -0.05) is 17.7 Å². The quantitative estimate of drug-likeness (QED) is 0.686. The van der Waals surface area contributed by atoms with E-state index < -0.39 is 0 Å². The Labute approximate surface area is 132 Å².